The molecule has 6 nitrogen and oxygen atoms in total. The molecule has 0 unspecified atom stereocenters. The van der Waals surface area contributed by atoms with Crippen molar-refractivity contribution in [2.24, 2.45) is 0 Å². The number of nitrogens with one attached hydrogen (secondary N) is 1. The number of benzene rings is 2. The van der Waals surface area contributed by atoms with Gasteiger partial charge in [-0.05, 0) is 54.8 Å². The van der Waals surface area contributed by atoms with E-state index in [0.29, 0.717) is 5.69 Å². The summed E-state index contributed by atoms with van der Waals surface area (Å²) in [6.45, 7) is -0.555. The first-order chi connectivity index (χ1) is 12.7. The highest BCUT2D eigenvalue weighted by atomic mass is 32.2. The average molecular weight is 415 g/mol. The van der Waals surface area contributed by atoms with Crippen LogP contribution in [0.25, 0.3) is 0 Å². The molecule has 0 atom stereocenters. The van der Waals surface area contributed by atoms with E-state index < -0.39 is 39.0 Å². The monoisotopic (exact) mass is 415 g/mol. The Balaban J connectivity index is 1.92. The zero-order chi connectivity index (χ0) is 20.0. The zero-order valence-electron chi connectivity index (χ0n) is 14.0. The molecule has 0 bridgehead atoms. The molecule has 2 rings (SSSR count). The average Bonchev–Trinajstić information content (AvgIpc) is 2.66. The summed E-state index contributed by atoms with van der Waals surface area (Å²) in [7, 11) is -4.74. The van der Waals surface area contributed by atoms with E-state index in [9.17, 15) is 26.8 Å². The Morgan fingerprint density at radius 1 is 1.07 bits per heavy atom. The minimum absolute atomic E-state index is 0.0691. The highest BCUT2D eigenvalue weighted by Crippen LogP contribution is 2.19. The molecule has 0 aromatic heterocycles. The van der Waals surface area contributed by atoms with E-state index in [1.165, 1.54) is 0 Å². The molecule has 0 spiro atoms. The lowest BCUT2D eigenvalue weighted by atomic mass is 10.2. The summed E-state index contributed by atoms with van der Waals surface area (Å²) in [4.78, 5) is 24.1. The van der Waals surface area contributed by atoms with Crippen LogP contribution >= 0.6 is 11.8 Å². The fourth-order valence-electron chi connectivity index (χ4n) is 1.97. The summed E-state index contributed by atoms with van der Waals surface area (Å²) in [5.41, 5.74) is 0.468. The molecule has 0 fully saturated rings. The van der Waals surface area contributed by atoms with E-state index in [1.54, 1.807) is 23.9 Å². The van der Waals surface area contributed by atoms with Crippen molar-refractivity contribution in [1.29, 1.82) is 0 Å². The zero-order valence-corrected chi connectivity index (χ0v) is 15.6. The van der Waals surface area contributed by atoms with Gasteiger partial charge in [0.2, 0.25) is 9.84 Å². The second-order valence-corrected chi connectivity index (χ2v) is 7.98. The molecule has 144 valence electrons. The molecule has 0 aliphatic rings. The Kier molecular flexibility index (Phi) is 6.92. The van der Waals surface area contributed by atoms with E-state index in [1.807, 2.05) is 18.4 Å². The molecule has 0 radical (unpaired) electrons. The Bertz CT molecular complexity index is 913. The molecular weight excluding hydrogens is 400 g/mol. The Labute approximate surface area is 158 Å². The van der Waals surface area contributed by atoms with Crippen molar-refractivity contribution >= 4 is 39.2 Å². The topological polar surface area (TPSA) is 89.5 Å². The van der Waals surface area contributed by atoms with Crippen LogP contribution in [-0.2, 0) is 19.4 Å². The lowest BCUT2D eigenvalue weighted by Gasteiger charge is -2.08. The first-order valence-electron chi connectivity index (χ1n) is 7.47. The largest absolute Gasteiger partial charge is 0.452 e. The lowest BCUT2D eigenvalue weighted by Crippen LogP contribution is -2.21. The third-order valence-electron chi connectivity index (χ3n) is 3.36. The number of ether oxygens (including phenoxy) is 1. The molecule has 1 amide bonds. The van der Waals surface area contributed by atoms with Crippen LogP contribution in [0.15, 0.2) is 58.3 Å². The minimum atomic E-state index is -4.74. The Hall–Kier alpha value is -2.46. The maximum absolute atomic E-state index is 12.5. The van der Waals surface area contributed by atoms with Crippen molar-refractivity contribution in [2.45, 2.75) is 15.5 Å². The number of halogens is 2. The van der Waals surface area contributed by atoms with Gasteiger partial charge >= 0.3 is 11.7 Å². The smallest absolute Gasteiger partial charge is 0.341 e. The van der Waals surface area contributed by atoms with Gasteiger partial charge in [0.05, 0.1) is 10.5 Å². The number of carbonyl (C=O) groups is 2. The second-order valence-electron chi connectivity index (χ2n) is 5.18. The fourth-order valence-corrected chi connectivity index (χ4v) is 3.10. The predicted octanol–water partition coefficient (Wildman–Crippen LogP) is 3.20. The molecule has 2 aromatic rings. The van der Waals surface area contributed by atoms with Crippen molar-refractivity contribution < 1.29 is 31.5 Å². The summed E-state index contributed by atoms with van der Waals surface area (Å²) in [5, 5.41) is 2.55. The Morgan fingerprint density at radius 3 is 2.19 bits per heavy atom. The van der Waals surface area contributed by atoms with Crippen LogP contribution in [0.5, 0.6) is 0 Å². The van der Waals surface area contributed by atoms with Crippen molar-refractivity contribution in [2.75, 3.05) is 18.2 Å². The molecule has 1 N–H and O–H groups in total. The maximum Gasteiger partial charge on any atom is 0.341 e. The number of rotatable bonds is 7. The number of hydrogen-bond donors (Lipinski definition) is 1. The minimum Gasteiger partial charge on any atom is -0.452 e. The molecule has 27 heavy (non-hydrogen) atoms. The van der Waals surface area contributed by atoms with Gasteiger partial charge in [-0.25, -0.2) is 13.2 Å². The highest BCUT2D eigenvalue weighted by molar-refractivity contribution is 7.98. The summed E-state index contributed by atoms with van der Waals surface area (Å²) < 4.78 is 52.4. The summed E-state index contributed by atoms with van der Waals surface area (Å²) in [6, 6.07) is 10.9. The van der Waals surface area contributed by atoms with Gasteiger partial charge in [-0.1, -0.05) is 0 Å². The first-order valence-corrected chi connectivity index (χ1v) is 10.2. The van der Waals surface area contributed by atoms with Crippen LogP contribution < -0.4 is 5.32 Å². The van der Waals surface area contributed by atoms with Crippen molar-refractivity contribution in [3.8, 4) is 0 Å². The molecule has 0 aliphatic heterocycles. The number of amides is 1. The third-order valence-corrected chi connectivity index (χ3v) is 5.50. The first kappa shape index (κ1) is 20.8. The van der Waals surface area contributed by atoms with E-state index in [-0.39, 0.29) is 5.56 Å². The van der Waals surface area contributed by atoms with Crippen molar-refractivity contribution in [1.82, 2.24) is 0 Å². The van der Waals surface area contributed by atoms with Crippen LogP contribution in [0.4, 0.5) is 14.5 Å². The number of alkyl halides is 2. The van der Waals surface area contributed by atoms with Crippen LogP contribution in [0.3, 0.4) is 0 Å². The molecule has 0 saturated heterocycles. The second kappa shape index (κ2) is 8.96. The maximum atomic E-state index is 12.5. The Morgan fingerprint density at radius 2 is 1.67 bits per heavy atom. The van der Waals surface area contributed by atoms with Crippen LogP contribution in [-0.4, -0.2) is 38.9 Å². The SMILES string of the molecule is CSc1ccc(NC(=O)COC(=O)c2ccc(S(=O)(=O)C(F)F)cc2)cc1. The summed E-state index contributed by atoms with van der Waals surface area (Å²) >= 11 is 1.55. The van der Waals surface area contributed by atoms with Gasteiger partial charge < -0.3 is 10.1 Å². The van der Waals surface area contributed by atoms with Gasteiger partial charge in [-0.15, -0.1) is 11.8 Å². The van der Waals surface area contributed by atoms with Crippen LogP contribution in [0, 0.1) is 0 Å². The number of sulfone groups is 1. The standard InChI is InChI=1S/C17H15F2NO5S2/c1-26-13-6-4-12(5-7-13)20-15(21)10-25-16(22)11-2-8-14(9-3-11)27(23,24)17(18)19/h2-9,17H,10H2,1H3,(H,20,21). The van der Waals surface area contributed by atoms with Crippen LogP contribution in [0.1, 0.15) is 10.4 Å². The van der Waals surface area contributed by atoms with E-state index in [4.69, 9.17) is 4.74 Å². The van der Waals surface area contributed by atoms with Gasteiger partial charge in [-0.2, -0.15) is 8.78 Å². The quantitative estimate of drug-likeness (QED) is 0.552. The van der Waals surface area contributed by atoms with Crippen molar-refractivity contribution in [3.05, 3.63) is 54.1 Å². The number of anilines is 1. The summed E-state index contributed by atoms with van der Waals surface area (Å²) in [6.07, 6.45) is 1.92. The van der Waals surface area contributed by atoms with E-state index in [0.717, 1.165) is 29.2 Å². The van der Waals surface area contributed by atoms with Crippen LogP contribution in [0.2, 0.25) is 0 Å². The molecule has 0 saturated carbocycles. The summed E-state index contributed by atoms with van der Waals surface area (Å²) in [5.74, 6) is -5.00. The van der Waals surface area contributed by atoms with Crippen molar-refractivity contribution in [3.63, 3.8) is 0 Å². The predicted molar refractivity (Wildman–Crippen MR) is 96.8 cm³/mol. The molecular formula is C17H15F2NO5S2. The molecule has 0 heterocycles. The van der Waals surface area contributed by atoms with E-state index >= 15 is 0 Å². The molecule has 0 aliphatic carbocycles. The van der Waals surface area contributed by atoms with Gasteiger partial charge in [0.1, 0.15) is 0 Å². The fraction of sp³-hybridized carbons (Fsp3) is 0.176. The molecule has 10 heteroatoms. The normalized spacial score (nSPS) is 11.3. The molecule has 2 aromatic carbocycles. The highest BCUT2D eigenvalue weighted by Gasteiger charge is 2.26. The lowest BCUT2D eigenvalue weighted by molar-refractivity contribution is -0.119. The number of carbonyl (C=O) groups excluding carboxylic acids is 2. The van der Waals surface area contributed by atoms with Gasteiger partial charge in [0.25, 0.3) is 5.91 Å². The number of thioether (sulfide) groups is 1. The number of hydrogen-bond acceptors (Lipinski definition) is 6. The third kappa shape index (κ3) is 5.51. The number of esters is 1. The van der Waals surface area contributed by atoms with E-state index in [2.05, 4.69) is 5.32 Å². The van der Waals surface area contributed by atoms with Gasteiger partial charge in [-0.3, -0.25) is 4.79 Å². The van der Waals surface area contributed by atoms with Gasteiger partial charge in [0, 0.05) is 10.6 Å². The van der Waals surface area contributed by atoms with Gasteiger partial charge in [0.15, 0.2) is 6.61 Å².